The molecule has 2 aromatic heterocycles. The van der Waals surface area contributed by atoms with Crippen molar-refractivity contribution >= 4 is 11.8 Å². The second-order valence-corrected chi connectivity index (χ2v) is 16.4. The molecule has 10 aromatic rings. The van der Waals surface area contributed by atoms with Crippen LogP contribution in [0.25, 0.3) is 90.3 Å². The summed E-state index contributed by atoms with van der Waals surface area (Å²) < 4.78 is 4.38. The number of benzene rings is 8. The number of rotatable bonds is 13. The molecule has 0 saturated heterocycles. The highest BCUT2D eigenvalue weighted by atomic mass is 16.7. The third kappa shape index (κ3) is 9.06. The zero-order valence-electron chi connectivity index (χ0n) is 38.3. The van der Waals surface area contributed by atoms with Crippen LogP contribution >= 0.6 is 0 Å². The standard InChI is InChI=1S/C58H46N8O4/c1-39(67)65(59)69-51-35-27-47(28-36-51)57-61-53(43-15-7-3-8-16-43)55(45-19-11-5-12-20-45)63(57)49-31-23-41(24-32-49)42-25-33-50(34-26-42)64-56(46-21-13-6-14-22-46)54(44-17-9-4-10-18-44)62-58(64)48-29-37-52(38-30-48)70-66(60)40(2)68/h3-38H,59-60H2,1-2H3. The molecule has 0 unspecified atom stereocenters. The largest absolute Gasteiger partial charge is 0.361 e. The monoisotopic (exact) mass is 918 g/mol. The van der Waals surface area contributed by atoms with Crippen LogP contribution in [0.3, 0.4) is 0 Å². The van der Waals surface area contributed by atoms with Gasteiger partial charge in [-0.2, -0.15) is 0 Å². The average molecular weight is 919 g/mol. The first kappa shape index (κ1) is 44.5. The lowest BCUT2D eigenvalue weighted by Gasteiger charge is -2.16. The van der Waals surface area contributed by atoms with Gasteiger partial charge in [-0.05, 0) is 83.9 Å². The Labute approximate surface area is 404 Å². The van der Waals surface area contributed by atoms with Gasteiger partial charge in [0.25, 0.3) is 11.8 Å². The van der Waals surface area contributed by atoms with Crippen molar-refractivity contribution in [2.24, 2.45) is 11.7 Å². The molecule has 0 spiro atoms. The third-order valence-corrected chi connectivity index (χ3v) is 11.8. The number of amides is 2. The molecule has 12 heteroatoms. The van der Waals surface area contributed by atoms with Crippen LogP contribution in [-0.4, -0.2) is 41.3 Å². The van der Waals surface area contributed by atoms with Crippen LogP contribution < -0.4 is 21.4 Å². The van der Waals surface area contributed by atoms with Gasteiger partial charge in [0.15, 0.2) is 11.5 Å². The number of hydrazine groups is 2. The molecule has 2 amide bonds. The number of carbonyl (C=O) groups excluding carboxylic acids is 2. The molecule has 0 bridgehead atoms. The van der Waals surface area contributed by atoms with Crippen molar-refractivity contribution in [3.8, 4) is 102 Å². The molecule has 2 heterocycles. The maximum atomic E-state index is 11.8. The first-order chi connectivity index (χ1) is 34.2. The number of nitrogens with zero attached hydrogens (tertiary/aromatic N) is 6. The maximum Gasteiger partial charge on any atom is 0.269 e. The van der Waals surface area contributed by atoms with Crippen LogP contribution in [0.2, 0.25) is 0 Å². The van der Waals surface area contributed by atoms with Gasteiger partial charge in [-0.3, -0.25) is 18.7 Å². The predicted molar refractivity (Wildman–Crippen MR) is 273 cm³/mol. The SMILES string of the molecule is CC(=O)N(N)Oc1ccc(-c2nc(-c3ccccc3)c(-c3ccccc3)n2-c2ccc(-c3ccc(-n4c(-c5ccc(ON(N)C(C)=O)cc5)nc(-c5ccccc5)c4-c4ccccc4)cc3)cc2)cc1. The lowest BCUT2D eigenvalue weighted by atomic mass is 10.0. The molecule has 0 saturated carbocycles. The topological polar surface area (TPSA) is 147 Å². The van der Waals surface area contributed by atoms with Crippen molar-refractivity contribution in [1.29, 1.82) is 0 Å². The van der Waals surface area contributed by atoms with Gasteiger partial charge >= 0.3 is 0 Å². The molecule has 12 nitrogen and oxygen atoms in total. The van der Waals surface area contributed by atoms with Gasteiger partial charge in [0.05, 0.1) is 22.8 Å². The Hall–Kier alpha value is -9.36. The van der Waals surface area contributed by atoms with Crippen molar-refractivity contribution in [1.82, 2.24) is 29.4 Å². The molecule has 0 fully saturated rings. The molecular formula is C58H46N8O4. The molecule has 0 atom stereocenters. The molecule has 0 aliphatic rings. The summed E-state index contributed by atoms with van der Waals surface area (Å²) in [6, 6.07) is 72.6. The van der Waals surface area contributed by atoms with Crippen molar-refractivity contribution in [3.05, 3.63) is 218 Å². The zero-order chi connectivity index (χ0) is 48.1. The van der Waals surface area contributed by atoms with E-state index >= 15 is 0 Å². The van der Waals surface area contributed by atoms with E-state index in [2.05, 4.69) is 106 Å². The number of nitrogens with two attached hydrogens (primary N) is 2. The van der Waals surface area contributed by atoms with E-state index in [4.69, 9.17) is 31.3 Å². The van der Waals surface area contributed by atoms with E-state index in [1.165, 1.54) is 13.8 Å². The quantitative estimate of drug-likeness (QED) is 0.0660. The van der Waals surface area contributed by atoms with Crippen LogP contribution in [0.5, 0.6) is 11.5 Å². The first-order valence-corrected chi connectivity index (χ1v) is 22.6. The summed E-state index contributed by atoms with van der Waals surface area (Å²) in [5.41, 5.74) is 13.0. The van der Waals surface area contributed by atoms with Gasteiger partial charge in [0, 0.05) is 58.6 Å². The predicted octanol–water partition coefficient (Wildman–Crippen LogP) is 11.8. The van der Waals surface area contributed by atoms with E-state index in [9.17, 15) is 9.59 Å². The van der Waals surface area contributed by atoms with E-state index in [1.54, 1.807) is 24.3 Å². The van der Waals surface area contributed by atoms with E-state index in [-0.39, 0.29) is 0 Å². The summed E-state index contributed by atoms with van der Waals surface area (Å²) in [6.45, 7) is 2.66. The summed E-state index contributed by atoms with van der Waals surface area (Å²) >= 11 is 0. The molecule has 4 N–H and O–H groups in total. The van der Waals surface area contributed by atoms with E-state index < -0.39 is 11.8 Å². The minimum atomic E-state index is -0.427. The third-order valence-electron chi connectivity index (χ3n) is 11.8. The highest BCUT2D eigenvalue weighted by molar-refractivity contribution is 5.86. The number of carbonyl (C=O) groups is 2. The fourth-order valence-electron chi connectivity index (χ4n) is 8.34. The molecule has 8 aromatic carbocycles. The number of hydrogen-bond donors (Lipinski definition) is 2. The van der Waals surface area contributed by atoms with E-state index in [0.717, 1.165) is 90.3 Å². The Bertz CT molecular complexity index is 3180. The summed E-state index contributed by atoms with van der Waals surface area (Å²) in [4.78, 5) is 45.4. The van der Waals surface area contributed by atoms with Crippen molar-refractivity contribution < 1.29 is 19.3 Å². The fourth-order valence-corrected chi connectivity index (χ4v) is 8.34. The van der Waals surface area contributed by atoms with Crippen LogP contribution in [-0.2, 0) is 9.59 Å². The molecule has 0 radical (unpaired) electrons. The molecule has 0 aliphatic heterocycles. The minimum Gasteiger partial charge on any atom is -0.361 e. The van der Waals surface area contributed by atoms with Gasteiger partial charge in [-0.25, -0.2) is 21.7 Å². The summed E-state index contributed by atoms with van der Waals surface area (Å²) in [5.74, 6) is 12.9. The highest BCUT2D eigenvalue weighted by Crippen LogP contribution is 2.41. The first-order valence-electron chi connectivity index (χ1n) is 22.6. The van der Waals surface area contributed by atoms with Crippen LogP contribution in [0.15, 0.2) is 218 Å². The average Bonchev–Trinajstić information content (AvgIpc) is 4.01. The van der Waals surface area contributed by atoms with Crippen molar-refractivity contribution in [3.63, 3.8) is 0 Å². The number of hydrogen-bond acceptors (Lipinski definition) is 8. The Morgan fingerprint density at radius 1 is 0.371 bits per heavy atom. The van der Waals surface area contributed by atoms with Gasteiger partial charge in [0.1, 0.15) is 11.6 Å². The molecular weight excluding hydrogens is 873 g/mol. The number of aromatic nitrogens is 4. The number of hydroxylamine groups is 2. The van der Waals surface area contributed by atoms with E-state index in [1.807, 2.05) is 97.1 Å². The second-order valence-electron chi connectivity index (χ2n) is 16.4. The fraction of sp³-hybridized carbons (Fsp3) is 0.0345. The smallest absolute Gasteiger partial charge is 0.269 e. The maximum absolute atomic E-state index is 11.8. The normalized spacial score (nSPS) is 11.0. The minimum absolute atomic E-state index is 0.411. The molecule has 0 aliphatic carbocycles. The lowest BCUT2D eigenvalue weighted by molar-refractivity contribution is -0.156. The Kier molecular flexibility index (Phi) is 12.4. The van der Waals surface area contributed by atoms with Gasteiger partial charge in [-0.1, -0.05) is 146 Å². The summed E-state index contributed by atoms with van der Waals surface area (Å²) in [5, 5.41) is 1.41. The van der Waals surface area contributed by atoms with Gasteiger partial charge in [-0.15, -0.1) is 10.3 Å². The van der Waals surface area contributed by atoms with E-state index in [0.29, 0.717) is 21.8 Å². The van der Waals surface area contributed by atoms with Crippen molar-refractivity contribution in [2.45, 2.75) is 13.8 Å². The van der Waals surface area contributed by atoms with Crippen LogP contribution in [0.4, 0.5) is 0 Å². The van der Waals surface area contributed by atoms with Gasteiger partial charge < -0.3 is 9.68 Å². The molecule has 342 valence electrons. The second kappa shape index (κ2) is 19.5. The Morgan fingerprint density at radius 3 is 0.957 bits per heavy atom. The Morgan fingerprint density at radius 2 is 0.657 bits per heavy atom. The summed E-state index contributed by atoms with van der Waals surface area (Å²) in [6.07, 6.45) is 0. The molecule has 70 heavy (non-hydrogen) atoms. The van der Waals surface area contributed by atoms with Crippen LogP contribution in [0.1, 0.15) is 13.8 Å². The highest BCUT2D eigenvalue weighted by Gasteiger charge is 2.25. The number of imidazole rings is 2. The zero-order valence-corrected chi connectivity index (χ0v) is 38.3. The van der Waals surface area contributed by atoms with Crippen LogP contribution in [0, 0.1) is 0 Å². The molecule has 10 rings (SSSR count). The summed E-state index contributed by atoms with van der Waals surface area (Å²) in [7, 11) is 0. The van der Waals surface area contributed by atoms with Gasteiger partial charge in [0.2, 0.25) is 0 Å². The lowest BCUT2D eigenvalue weighted by Crippen LogP contribution is -2.38. The Balaban J connectivity index is 1.06. The van der Waals surface area contributed by atoms with Crippen molar-refractivity contribution in [2.75, 3.05) is 0 Å².